The van der Waals surface area contributed by atoms with Crippen molar-refractivity contribution in [2.45, 2.75) is 25.4 Å². The lowest BCUT2D eigenvalue weighted by Crippen LogP contribution is -2.36. The summed E-state index contributed by atoms with van der Waals surface area (Å²) in [5.41, 5.74) is 8.32. The molecule has 0 fully saturated rings. The molecule has 0 amide bonds. The van der Waals surface area contributed by atoms with Gasteiger partial charge in [-0.25, -0.2) is 4.98 Å². The third-order valence-corrected chi connectivity index (χ3v) is 3.33. The van der Waals surface area contributed by atoms with Crippen molar-refractivity contribution in [3.05, 3.63) is 48.0 Å². The lowest BCUT2D eigenvalue weighted by atomic mass is 10.1. The molecule has 1 aromatic heterocycles. The summed E-state index contributed by atoms with van der Waals surface area (Å²) in [6.45, 7) is 2.85. The van der Waals surface area contributed by atoms with Crippen molar-refractivity contribution >= 4 is 0 Å². The van der Waals surface area contributed by atoms with Crippen molar-refractivity contribution in [2.24, 2.45) is 5.73 Å². The van der Waals surface area contributed by atoms with Gasteiger partial charge in [-0.15, -0.1) is 0 Å². The van der Waals surface area contributed by atoms with Gasteiger partial charge in [-0.2, -0.15) is 0 Å². The molecule has 108 valence electrons. The molecule has 0 aliphatic carbocycles. The summed E-state index contributed by atoms with van der Waals surface area (Å²) < 4.78 is 5.37. The van der Waals surface area contributed by atoms with E-state index in [-0.39, 0.29) is 12.1 Å². The smallest absolute Gasteiger partial charge is 0.123 e. The van der Waals surface area contributed by atoms with Crippen LogP contribution in [0, 0.1) is 0 Å². The molecule has 4 N–H and O–H groups in total. The fourth-order valence-corrected chi connectivity index (χ4v) is 2.21. The molecule has 20 heavy (non-hydrogen) atoms. The summed E-state index contributed by atoms with van der Waals surface area (Å²) in [7, 11) is 1.69. The third-order valence-electron chi connectivity index (χ3n) is 3.33. The maximum absolute atomic E-state index is 6.12. The molecule has 5 nitrogen and oxygen atoms in total. The molecule has 2 aromatic rings. The molecule has 2 atom stereocenters. The van der Waals surface area contributed by atoms with Crippen LogP contribution in [0.5, 0.6) is 5.75 Å². The highest BCUT2D eigenvalue weighted by Crippen LogP contribution is 2.24. The van der Waals surface area contributed by atoms with E-state index in [9.17, 15) is 0 Å². The first-order valence-corrected chi connectivity index (χ1v) is 6.80. The van der Waals surface area contributed by atoms with Crippen LogP contribution in [0.1, 0.15) is 24.2 Å². The van der Waals surface area contributed by atoms with Gasteiger partial charge in [-0.3, -0.25) is 0 Å². The van der Waals surface area contributed by atoms with E-state index in [0.717, 1.165) is 30.0 Å². The molecule has 0 saturated carbocycles. The standard InChI is InChI=1S/C15H22N4O/c1-11(14-5-3-4-6-15(14)20-2)18-8-12(16)7-13-9-17-10-19-13/h3-6,9-12,18H,7-8,16H2,1-2H3,(H,17,19)/t11-,12-/m0/s1. The van der Waals surface area contributed by atoms with E-state index in [1.54, 1.807) is 13.4 Å². The number of aromatic nitrogens is 2. The van der Waals surface area contributed by atoms with E-state index in [1.165, 1.54) is 0 Å². The number of aromatic amines is 1. The number of nitrogens with two attached hydrogens (primary N) is 1. The van der Waals surface area contributed by atoms with Gasteiger partial charge in [0, 0.05) is 42.5 Å². The van der Waals surface area contributed by atoms with Crippen molar-refractivity contribution in [3.63, 3.8) is 0 Å². The van der Waals surface area contributed by atoms with Gasteiger partial charge in [0.25, 0.3) is 0 Å². The molecular weight excluding hydrogens is 252 g/mol. The number of imidazole rings is 1. The number of nitrogens with one attached hydrogen (secondary N) is 2. The van der Waals surface area contributed by atoms with E-state index in [0.29, 0.717) is 0 Å². The Morgan fingerprint density at radius 2 is 2.20 bits per heavy atom. The molecule has 1 aromatic carbocycles. The second kappa shape index (κ2) is 7.07. The molecule has 0 aliphatic rings. The van der Waals surface area contributed by atoms with Gasteiger partial charge < -0.3 is 20.8 Å². The van der Waals surface area contributed by atoms with Crippen LogP contribution in [-0.2, 0) is 6.42 Å². The van der Waals surface area contributed by atoms with Crippen molar-refractivity contribution in [3.8, 4) is 5.75 Å². The number of hydrogen-bond acceptors (Lipinski definition) is 4. The Bertz CT molecular complexity index is 512. The number of rotatable bonds is 7. The van der Waals surface area contributed by atoms with Gasteiger partial charge in [0.1, 0.15) is 5.75 Å². The van der Waals surface area contributed by atoms with Crippen LogP contribution in [0.15, 0.2) is 36.8 Å². The number of hydrogen-bond donors (Lipinski definition) is 3. The Hall–Kier alpha value is -1.85. The summed E-state index contributed by atoms with van der Waals surface area (Å²) in [5.74, 6) is 0.898. The zero-order chi connectivity index (χ0) is 14.4. The first-order chi connectivity index (χ1) is 9.70. The first kappa shape index (κ1) is 14.6. The van der Waals surface area contributed by atoms with E-state index in [4.69, 9.17) is 10.5 Å². The van der Waals surface area contributed by atoms with Gasteiger partial charge in [0.2, 0.25) is 0 Å². The third kappa shape index (κ3) is 3.82. The molecule has 2 rings (SSSR count). The summed E-state index contributed by atoms with van der Waals surface area (Å²) in [5, 5.41) is 3.45. The Morgan fingerprint density at radius 1 is 1.40 bits per heavy atom. The number of nitrogens with zero attached hydrogens (tertiary/aromatic N) is 1. The molecule has 0 radical (unpaired) electrons. The summed E-state index contributed by atoms with van der Waals surface area (Å²) >= 11 is 0. The average molecular weight is 274 g/mol. The number of ether oxygens (including phenoxy) is 1. The summed E-state index contributed by atoms with van der Waals surface area (Å²) in [4.78, 5) is 7.06. The number of methoxy groups -OCH3 is 1. The van der Waals surface area contributed by atoms with Crippen LogP contribution in [0.4, 0.5) is 0 Å². The molecule has 0 aliphatic heterocycles. The molecule has 0 spiro atoms. The van der Waals surface area contributed by atoms with E-state index in [2.05, 4.69) is 28.3 Å². The van der Waals surface area contributed by atoms with Crippen LogP contribution in [0.25, 0.3) is 0 Å². The lowest BCUT2D eigenvalue weighted by Gasteiger charge is -2.19. The van der Waals surface area contributed by atoms with Crippen molar-refractivity contribution in [1.82, 2.24) is 15.3 Å². The minimum Gasteiger partial charge on any atom is -0.496 e. The van der Waals surface area contributed by atoms with Crippen LogP contribution < -0.4 is 15.8 Å². The van der Waals surface area contributed by atoms with Crippen molar-refractivity contribution in [2.75, 3.05) is 13.7 Å². The monoisotopic (exact) mass is 274 g/mol. The fourth-order valence-electron chi connectivity index (χ4n) is 2.21. The number of H-pyrrole nitrogens is 1. The molecule has 0 saturated heterocycles. The van der Waals surface area contributed by atoms with Gasteiger partial charge in [0.05, 0.1) is 13.4 Å². The first-order valence-electron chi connectivity index (χ1n) is 6.80. The van der Waals surface area contributed by atoms with Crippen LogP contribution >= 0.6 is 0 Å². The highest BCUT2D eigenvalue weighted by Gasteiger charge is 2.12. The van der Waals surface area contributed by atoms with Crippen LogP contribution in [-0.4, -0.2) is 29.7 Å². The normalized spacial score (nSPS) is 13.9. The second-order valence-electron chi connectivity index (χ2n) is 4.91. The maximum Gasteiger partial charge on any atom is 0.123 e. The quantitative estimate of drug-likeness (QED) is 0.717. The molecule has 0 unspecified atom stereocenters. The van der Waals surface area contributed by atoms with E-state index < -0.39 is 0 Å². The van der Waals surface area contributed by atoms with E-state index in [1.807, 2.05) is 24.4 Å². The summed E-state index contributed by atoms with van der Waals surface area (Å²) in [6, 6.07) is 8.26. The Balaban J connectivity index is 1.86. The minimum atomic E-state index is 0.0487. The topological polar surface area (TPSA) is 76.0 Å². The molecular formula is C15H22N4O. The fraction of sp³-hybridized carbons (Fsp3) is 0.400. The summed E-state index contributed by atoms with van der Waals surface area (Å²) in [6.07, 6.45) is 4.27. The van der Waals surface area contributed by atoms with Gasteiger partial charge in [0.15, 0.2) is 0 Å². The number of para-hydroxylation sites is 1. The zero-order valence-corrected chi connectivity index (χ0v) is 12.0. The Labute approximate surface area is 119 Å². The van der Waals surface area contributed by atoms with E-state index >= 15 is 0 Å². The Morgan fingerprint density at radius 3 is 2.90 bits per heavy atom. The van der Waals surface area contributed by atoms with Gasteiger partial charge >= 0.3 is 0 Å². The van der Waals surface area contributed by atoms with Gasteiger partial charge in [-0.05, 0) is 13.0 Å². The van der Waals surface area contributed by atoms with Crippen LogP contribution in [0.2, 0.25) is 0 Å². The minimum absolute atomic E-state index is 0.0487. The highest BCUT2D eigenvalue weighted by molar-refractivity contribution is 5.35. The molecule has 5 heteroatoms. The Kier molecular flexibility index (Phi) is 5.15. The molecule has 0 bridgehead atoms. The van der Waals surface area contributed by atoms with Crippen molar-refractivity contribution < 1.29 is 4.74 Å². The van der Waals surface area contributed by atoms with Crippen LogP contribution in [0.3, 0.4) is 0 Å². The highest BCUT2D eigenvalue weighted by atomic mass is 16.5. The number of benzene rings is 1. The average Bonchev–Trinajstić information content (AvgIpc) is 2.97. The molecule has 1 heterocycles. The predicted octanol–water partition coefficient (Wildman–Crippen LogP) is 1.64. The van der Waals surface area contributed by atoms with Gasteiger partial charge in [-0.1, -0.05) is 18.2 Å². The van der Waals surface area contributed by atoms with Crippen molar-refractivity contribution in [1.29, 1.82) is 0 Å². The largest absolute Gasteiger partial charge is 0.496 e. The second-order valence-corrected chi connectivity index (χ2v) is 4.91. The SMILES string of the molecule is COc1ccccc1[C@H](C)NC[C@@H](N)Cc1cnc[nH]1. The lowest BCUT2D eigenvalue weighted by molar-refractivity contribution is 0.400. The maximum atomic E-state index is 6.12. The predicted molar refractivity (Wildman–Crippen MR) is 79.7 cm³/mol. The zero-order valence-electron chi connectivity index (χ0n) is 12.0.